The van der Waals surface area contributed by atoms with Crippen LogP contribution in [-0.4, -0.2) is 28.0 Å². The van der Waals surface area contributed by atoms with Gasteiger partial charge in [0.1, 0.15) is 5.82 Å². The smallest absolute Gasteiger partial charge is 0.365 e. The number of anilines is 3. The van der Waals surface area contributed by atoms with Crippen molar-refractivity contribution in [2.75, 3.05) is 10.6 Å². The van der Waals surface area contributed by atoms with Crippen molar-refractivity contribution in [1.29, 1.82) is 0 Å². The van der Waals surface area contributed by atoms with Gasteiger partial charge in [-0.2, -0.15) is 13.2 Å². The summed E-state index contributed by atoms with van der Waals surface area (Å²) in [5.41, 5.74) is 10.6. The first kappa shape index (κ1) is 21.9. The maximum atomic E-state index is 14.7. The van der Waals surface area contributed by atoms with E-state index in [4.69, 9.17) is 11.5 Å². The first-order valence-electron chi connectivity index (χ1n) is 10.1. The molecular weight excluding hydrogens is 428 g/mol. The summed E-state index contributed by atoms with van der Waals surface area (Å²) in [4.78, 5) is 18.8. The molecule has 2 atom stereocenters. The van der Waals surface area contributed by atoms with E-state index in [0.29, 0.717) is 5.39 Å². The lowest BCUT2D eigenvalue weighted by Crippen LogP contribution is -2.43. The molecule has 1 saturated carbocycles. The molecule has 2 heterocycles. The minimum Gasteiger partial charge on any atom is -0.365 e. The Bertz CT molecular complexity index is 1160. The number of benzene rings is 1. The van der Waals surface area contributed by atoms with E-state index in [0.717, 1.165) is 43.9 Å². The molecule has 7 nitrogen and oxygen atoms in total. The second kappa shape index (κ2) is 8.30. The lowest BCUT2D eigenvalue weighted by atomic mass is 9.91. The molecule has 7 N–H and O–H groups in total. The highest BCUT2D eigenvalue weighted by Gasteiger charge is 2.32. The monoisotopic (exact) mass is 450 g/mol. The zero-order valence-corrected chi connectivity index (χ0v) is 16.9. The SMILES string of the molecule is NC(=O)c1cc(F)c(NC2CCCCC2N)nc1Nc1cc(C(F)(F)F)cc2[nH]ccc12. The molecule has 0 radical (unpaired) electrons. The summed E-state index contributed by atoms with van der Waals surface area (Å²) in [5.74, 6) is -2.10. The first-order valence-corrected chi connectivity index (χ1v) is 10.1. The number of fused-ring (bicyclic) bond motifs is 1. The van der Waals surface area contributed by atoms with Crippen LogP contribution in [-0.2, 0) is 6.18 Å². The van der Waals surface area contributed by atoms with E-state index < -0.39 is 23.5 Å². The van der Waals surface area contributed by atoms with Gasteiger partial charge < -0.3 is 27.1 Å². The third kappa shape index (κ3) is 4.33. The minimum absolute atomic E-state index is 0.0398. The van der Waals surface area contributed by atoms with E-state index >= 15 is 0 Å². The third-order valence-corrected chi connectivity index (χ3v) is 5.63. The van der Waals surface area contributed by atoms with Gasteiger partial charge in [0, 0.05) is 34.9 Å². The van der Waals surface area contributed by atoms with Crippen molar-refractivity contribution < 1.29 is 22.4 Å². The standard InChI is InChI=1S/C21H22F4N6O/c22-13-9-12(18(27)32)19(31-20(13)29-15-4-2-1-3-14(15)26)30-17-8-10(21(23,24)25)7-16-11(17)5-6-28-16/h5-9,14-15,28H,1-4,26H2,(H2,27,32)(H2,29,30,31). The van der Waals surface area contributed by atoms with Crippen LogP contribution < -0.4 is 22.1 Å². The van der Waals surface area contributed by atoms with E-state index in [-0.39, 0.29) is 40.5 Å². The Morgan fingerprint density at radius 2 is 1.91 bits per heavy atom. The number of nitrogens with one attached hydrogen (secondary N) is 3. The molecule has 32 heavy (non-hydrogen) atoms. The molecule has 1 aromatic carbocycles. The van der Waals surface area contributed by atoms with Gasteiger partial charge in [0.15, 0.2) is 11.6 Å². The Hall–Kier alpha value is -3.34. The highest BCUT2D eigenvalue weighted by molar-refractivity contribution is 6.01. The van der Waals surface area contributed by atoms with Crippen LogP contribution in [0, 0.1) is 5.82 Å². The van der Waals surface area contributed by atoms with Gasteiger partial charge >= 0.3 is 6.18 Å². The number of hydrogen-bond acceptors (Lipinski definition) is 5. The molecule has 1 fully saturated rings. The summed E-state index contributed by atoms with van der Waals surface area (Å²) in [7, 11) is 0. The highest BCUT2D eigenvalue weighted by atomic mass is 19.4. The normalized spacial score (nSPS) is 19.2. The molecule has 0 saturated heterocycles. The Morgan fingerprint density at radius 1 is 1.16 bits per heavy atom. The van der Waals surface area contributed by atoms with Crippen molar-refractivity contribution >= 4 is 34.1 Å². The van der Waals surface area contributed by atoms with E-state index in [9.17, 15) is 22.4 Å². The van der Waals surface area contributed by atoms with E-state index in [2.05, 4.69) is 20.6 Å². The summed E-state index contributed by atoms with van der Waals surface area (Å²) in [5, 5.41) is 6.14. The van der Waals surface area contributed by atoms with E-state index in [1.165, 1.54) is 6.20 Å². The van der Waals surface area contributed by atoms with Crippen LogP contribution in [0.25, 0.3) is 10.9 Å². The maximum Gasteiger partial charge on any atom is 0.416 e. The molecule has 0 bridgehead atoms. The van der Waals surface area contributed by atoms with Crippen molar-refractivity contribution in [3.63, 3.8) is 0 Å². The van der Waals surface area contributed by atoms with Crippen LogP contribution in [0.2, 0.25) is 0 Å². The van der Waals surface area contributed by atoms with Crippen molar-refractivity contribution in [1.82, 2.24) is 9.97 Å². The largest absolute Gasteiger partial charge is 0.416 e. The zero-order chi connectivity index (χ0) is 23.0. The number of H-pyrrole nitrogens is 1. The summed E-state index contributed by atoms with van der Waals surface area (Å²) in [6.07, 6.45) is 0.292. The quantitative estimate of drug-likeness (QED) is 0.372. The number of halogens is 4. The number of nitrogens with two attached hydrogens (primary N) is 2. The van der Waals surface area contributed by atoms with Crippen LogP contribution >= 0.6 is 0 Å². The Balaban J connectivity index is 1.76. The number of hydrogen-bond donors (Lipinski definition) is 5. The summed E-state index contributed by atoms with van der Waals surface area (Å²) in [6, 6.07) is 3.95. The number of aromatic nitrogens is 2. The molecule has 2 unspecified atom stereocenters. The Kier molecular flexibility index (Phi) is 5.68. The lowest BCUT2D eigenvalue weighted by Gasteiger charge is -2.30. The fourth-order valence-corrected chi connectivity index (χ4v) is 3.95. The average molecular weight is 450 g/mol. The number of aromatic amines is 1. The van der Waals surface area contributed by atoms with Gasteiger partial charge in [0.25, 0.3) is 5.91 Å². The number of nitrogens with zero attached hydrogens (tertiary/aromatic N) is 1. The van der Waals surface area contributed by atoms with Gasteiger partial charge in [0.2, 0.25) is 0 Å². The lowest BCUT2D eigenvalue weighted by molar-refractivity contribution is -0.137. The molecule has 0 aliphatic heterocycles. The van der Waals surface area contributed by atoms with Crippen molar-refractivity contribution in [2.45, 2.75) is 43.9 Å². The summed E-state index contributed by atoms with van der Waals surface area (Å²) in [6.45, 7) is 0. The molecule has 1 aliphatic carbocycles. The van der Waals surface area contributed by atoms with E-state index in [1.54, 1.807) is 6.07 Å². The molecule has 4 rings (SSSR count). The van der Waals surface area contributed by atoms with Gasteiger partial charge in [-0.15, -0.1) is 0 Å². The Labute approximate surface area is 180 Å². The van der Waals surface area contributed by atoms with Crippen LogP contribution in [0.1, 0.15) is 41.6 Å². The molecule has 1 aliphatic rings. The topological polar surface area (TPSA) is 122 Å². The van der Waals surface area contributed by atoms with Gasteiger partial charge in [-0.1, -0.05) is 12.8 Å². The van der Waals surface area contributed by atoms with Gasteiger partial charge in [-0.25, -0.2) is 9.37 Å². The van der Waals surface area contributed by atoms with Crippen LogP contribution in [0.5, 0.6) is 0 Å². The summed E-state index contributed by atoms with van der Waals surface area (Å²) < 4.78 is 54.8. The van der Waals surface area contributed by atoms with Gasteiger partial charge in [-0.3, -0.25) is 4.79 Å². The molecule has 0 spiro atoms. The van der Waals surface area contributed by atoms with Gasteiger partial charge in [-0.05, 0) is 37.1 Å². The molecule has 11 heteroatoms. The Morgan fingerprint density at radius 3 is 2.59 bits per heavy atom. The third-order valence-electron chi connectivity index (χ3n) is 5.63. The number of carbonyl (C=O) groups is 1. The van der Waals surface area contributed by atoms with E-state index in [1.807, 2.05) is 0 Å². The number of primary amides is 1. The first-order chi connectivity index (χ1) is 15.1. The van der Waals surface area contributed by atoms with Crippen LogP contribution in [0.15, 0.2) is 30.5 Å². The predicted molar refractivity (Wildman–Crippen MR) is 113 cm³/mol. The number of alkyl halides is 3. The average Bonchev–Trinajstić information content (AvgIpc) is 3.20. The molecule has 1 amide bonds. The van der Waals surface area contributed by atoms with Crippen molar-refractivity contribution in [3.8, 4) is 0 Å². The predicted octanol–water partition coefficient (Wildman–Crippen LogP) is 4.25. The maximum absolute atomic E-state index is 14.7. The number of rotatable bonds is 5. The molecular formula is C21H22F4N6O. The molecule has 3 aromatic rings. The second-order valence-corrected chi connectivity index (χ2v) is 7.86. The number of amides is 1. The summed E-state index contributed by atoms with van der Waals surface area (Å²) >= 11 is 0. The van der Waals surface area contributed by atoms with Crippen LogP contribution in [0.4, 0.5) is 34.9 Å². The highest BCUT2D eigenvalue weighted by Crippen LogP contribution is 2.36. The van der Waals surface area contributed by atoms with Crippen molar-refractivity contribution in [2.24, 2.45) is 11.5 Å². The fraction of sp³-hybridized carbons (Fsp3) is 0.333. The van der Waals surface area contributed by atoms with Crippen molar-refractivity contribution in [3.05, 3.63) is 47.4 Å². The number of carbonyl (C=O) groups excluding carboxylic acids is 1. The van der Waals surface area contributed by atoms with Gasteiger partial charge in [0.05, 0.1) is 11.1 Å². The van der Waals surface area contributed by atoms with Crippen LogP contribution in [0.3, 0.4) is 0 Å². The fourth-order valence-electron chi connectivity index (χ4n) is 3.95. The molecule has 170 valence electrons. The zero-order valence-electron chi connectivity index (χ0n) is 16.9. The minimum atomic E-state index is -4.59. The second-order valence-electron chi connectivity index (χ2n) is 7.86. The molecule has 2 aromatic heterocycles. The number of pyridine rings is 1.